The molecule has 0 aromatic carbocycles. The Bertz CT molecular complexity index is 913. The Balaban J connectivity index is 1.91. The van der Waals surface area contributed by atoms with E-state index in [0.717, 1.165) is 29.0 Å². The maximum Gasteiger partial charge on any atom is 0.257 e. The van der Waals surface area contributed by atoms with Crippen molar-refractivity contribution in [2.45, 2.75) is 49.4 Å². The first-order valence-electron chi connectivity index (χ1n) is 8.42. The number of aromatic nitrogens is 2. The molecule has 1 atom stereocenters. The van der Waals surface area contributed by atoms with Gasteiger partial charge in [-0.15, -0.1) is 11.3 Å². The largest absolute Gasteiger partial charge is 0.343 e. The molecule has 0 saturated carbocycles. The standard InChI is InChI=1S/C18H19N3O2S2/c1-9(2)25-18-20-16-15(17(23)21-18)14(12-7-4-8-24-12)13-10(19-16)5-3-6-11(13)22/h4,7-9,14H,3,5-6H2,1-2H3,(H2,19,20,21,23)/t14-/m0/s1. The van der Waals surface area contributed by atoms with Gasteiger partial charge in [-0.3, -0.25) is 9.59 Å². The van der Waals surface area contributed by atoms with Crippen molar-refractivity contribution in [1.29, 1.82) is 0 Å². The lowest BCUT2D eigenvalue weighted by molar-refractivity contribution is -0.116. The lowest BCUT2D eigenvalue weighted by Gasteiger charge is -2.32. The summed E-state index contributed by atoms with van der Waals surface area (Å²) in [5.74, 6) is 0.421. The number of thioether (sulfide) groups is 1. The van der Waals surface area contributed by atoms with Crippen LogP contribution in [0.4, 0.5) is 5.82 Å². The van der Waals surface area contributed by atoms with E-state index in [9.17, 15) is 9.59 Å². The minimum atomic E-state index is -0.312. The SMILES string of the molecule is CC(C)Sc1nc2c(c(=O)[nH]1)[C@@H](c1cccs1)C1=C(CCCC1=O)N2. The number of carbonyl (C=O) groups is 1. The van der Waals surface area contributed by atoms with E-state index in [0.29, 0.717) is 28.2 Å². The number of Topliss-reactive ketones (excluding diaryl/α,β-unsaturated/α-hetero) is 1. The third kappa shape index (κ3) is 2.95. The molecule has 0 spiro atoms. The molecule has 2 aromatic heterocycles. The predicted octanol–water partition coefficient (Wildman–Crippen LogP) is 3.90. The number of nitrogens with zero attached hydrogens (tertiary/aromatic N) is 1. The van der Waals surface area contributed by atoms with Gasteiger partial charge in [0.1, 0.15) is 5.82 Å². The lowest BCUT2D eigenvalue weighted by atomic mass is 9.79. The molecule has 1 aliphatic carbocycles. The molecule has 4 rings (SSSR count). The molecular weight excluding hydrogens is 354 g/mol. The van der Waals surface area contributed by atoms with Crippen LogP contribution in [-0.4, -0.2) is 21.0 Å². The number of hydrogen-bond donors (Lipinski definition) is 2. The molecule has 130 valence electrons. The summed E-state index contributed by atoms with van der Waals surface area (Å²) in [5, 5.41) is 6.21. The number of hydrogen-bond acceptors (Lipinski definition) is 6. The molecule has 2 aliphatic rings. The highest BCUT2D eigenvalue weighted by Crippen LogP contribution is 2.44. The van der Waals surface area contributed by atoms with Gasteiger partial charge < -0.3 is 10.3 Å². The second-order valence-corrected chi connectivity index (χ2v) is 9.09. The normalized spacial score (nSPS) is 19.6. The number of fused-ring (bicyclic) bond motifs is 1. The van der Waals surface area contributed by atoms with E-state index in [4.69, 9.17) is 0 Å². The van der Waals surface area contributed by atoms with Crippen LogP contribution in [0.1, 0.15) is 49.5 Å². The number of thiophene rings is 1. The van der Waals surface area contributed by atoms with Crippen LogP contribution in [-0.2, 0) is 4.79 Å². The number of aromatic amines is 1. The van der Waals surface area contributed by atoms with Gasteiger partial charge in [-0.2, -0.15) is 0 Å². The number of carbonyl (C=O) groups excluding carboxylic acids is 1. The minimum Gasteiger partial charge on any atom is -0.343 e. The van der Waals surface area contributed by atoms with Gasteiger partial charge in [0.25, 0.3) is 5.56 Å². The van der Waals surface area contributed by atoms with Crippen molar-refractivity contribution in [2.75, 3.05) is 5.32 Å². The Morgan fingerprint density at radius 2 is 2.16 bits per heavy atom. The number of H-pyrrole nitrogens is 1. The van der Waals surface area contributed by atoms with E-state index in [2.05, 4.69) is 29.1 Å². The van der Waals surface area contributed by atoms with E-state index in [1.165, 1.54) is 11.8 Å². The van der Waals surface area contributed by atoms with Gasteiger partial charge in [-0.1, -0.05) is 31.7 Å². The van der Waals surface area contributed by atoms with Crippen molar-refractivity contribution < 1.29 is 4.79 Å². The zero-order valence-electron chi connectivity index (χ0n) is 14.1. The molecule has 25 heavy (non-hydrogen) atoms. The molecular formula is C18H19N3O2S2. The van der Waals surface area contributed by atoms with Crippen molar-refractivity contribution in [1.82, 2.24) is 9.97 Å². The zero-order chi connectivity index (χ0) is 17.6. The number of ketones is 1. The van der Waals surface area contributed by atoms with Crippen LogP contribution in [0.15, 0.2) is 38.7 Å². The minimum absolute atomic E-state index is 0.137. The molecule has 2 N–H and O–H groups in total. The average molecular weight is 374 g/mol. The predicted molar refractivity (Wildman–Crippen MR) is 102 cm³/mol. The molecule has 0 unspecified atom stereocenters. The first-order chi connectivity index (χ1) is 12.0. The van der Waals surface area contributed by atoms with Gasteiger partial charge in [-0.05, 0) is 24.3 Å². The monoisotopic (exact) mass is 373 g/mol. The fraction of sp³-hybridized carbons (Fsp3) is 0.389. The van der Waals surface area contributed by atoms with E-state index in [1.807, 2.05) is 17.5 Å². The molecule has 5 nitrogen and oxygen atoms in total. The summed E-state index contributed by atoms with van der Waals surface area (Å²) in [6.07, 6.45) is 2.21. The van der Waals surface area contributed by atoms with Gasteiger partial charge in [0, 0.05) is 27.8 Å². The number of nitrogens with one attached hydrogen (secondary N) is 2. The van der Waals surface area contributed by atoms with Crippen LogP contribution in [0.2, 0.25) is 0 Å². The van der Waals surface area contributed by atoms with Gasteiger partial charge in [-0.25, -0.2) is 4.98 Å². The smallest absolute Gasteiger partial charge is 0.257 e. The second-order valence-electron chi connectivity index (χ2n) is 6.54. The summed E-state index contributed by atoms with van der Waals surface area (Å²) >= 11 is 3.10. The first-order valence-corrected chi connectivity index (χ1v) is 10.2. The van der Waals surface area contributed by atoms with Crippen LogP contribution >= 0.6 is 23.1 Å². The quantitative estimate of drug-likeness (QED) is 0.630. The van der Waals surface area contributed by atoms with Crippen LogP contribution < -0.4 is 10.9 Å². The zero-order valence-corrected chi connectivity index (χ0v) is 15.7. The Morgan fingerprint density at radius 3 is 2.88 bits per heavy atom. The fourth-order valence-electron chi connectivity index (χ4n) is 3.46. The summed E-state index contributed by atoms with van der Waals surface area (Å²) in [6.45, 7) is 4.12. The Morgan fingerprint density at radius 1 is 1.32 bits per heavy atom. The van der Waals surface area contributed by atoms with Crippen molar-refractivity contribution in [3.63, 3.8) is 0 Å². The number of allylic oxidation sites excluding steroid dienone is 2. The maximum atomic E-state index is 12.9. The second kappa shape index (κ2) is 6.46. The summed E-state index contributed by atoms with van der Waals surface area (Å²) in [6, 6.07) is 3.95. The van der Waals surface area contributed by atoms with Crippen LogP contribution in [0.5, 0.6) is 0 Å². The summed E-state index contributed by atoms with van der Waals surface area (Å²) in [4.78, 5) is 34.1. The molecule has 0 radical (unpaired) electrons. The number of anilines is 1. The van der Waals surface area contributed by atoms with E-state index in [-0.39, 0.29) is 17.3 Å². The highest BCUT2D eigenvalue weighted by atomic mass is 32.2. The average Bonchev–Trinajstić information content (AvgIpc) is 3.06. The Labute approximate surface area is 154 Å². The van der Waals surface area contributed by atoms with Gasteiger partial charge in [0.05, 0.1) is 11.5 Å². The van der Waals surface area contributed by atoms with Crippen molar-refractivity contribution in [2.24, 2.45) is 0 Å². The first kappa shape index (κ1) is 16.6. The fourth-order valence-corrected chi connectivity index (χ4v) is 5.04. The lowest BCUT2D eigenvalue weighted by Crippen LogP contribution is -2.32. The molecule has 7 heteroatoms. The van der Waals surface area contributed by atoms with Gasteiger partial charge in [0.2, 0.25) is 0 Å². The summed E-state index contributed by atoms with van der Waals surface area (Å²) < 4.78 is 0. The topological polar surface area (TPSA) is 74.8 Å². The van der Waals surface area contributed by atoms with Crippen LogP contribution in [0, 0.1) is 0 Å². The van der Waals surface area contributed by atoms with E-state index in [1.54, 1.807) is 11.3 Å². The Kier molecular flexibility index (Phi) is 4.29. The molecule has 0 amide bonds. The third-order valence-electron chi connectivity index (χ3n) is 4.41. The van der Waals surface area contributed by atoms with Gasteiger partial charge in [0.15, 0.2) is 10.9 Å². The highest BCUT2D eigenvalue weighted by molar-refractivity contribution is 7.99. The van der Waals surface area contributed by atoms with Gasteiger partial charge >= 0.3 is 0 Å². The molecule has 0 fully saturated rings. The van der Waals surface area contributed by atoms with E-state index < -0.39 is 0 Å². The summed E-state index contributed by atoms with van der Waals surface area (Å²) in [7, 11) is 0. The van der Waals surface area contributed by atoms with E-state index >= 15 is 0 Å². The van der Waals surface area contributed by atoms with Crippen LogP contribution in [0.25, 0.3) is 0 Å². The molecule has 0 bridgehead atoms. The van der Waals surface area contributed by atoms with Crippen LogP contribution in [0.3, 0.4) is 0 Å². The number of rotatable bonds is 3. The third-order valence-corrected chi connectivity index (χ3v) is 6.24. The highest BCUT2D eigenvalue weighted by Gasteiger charge is 2.38. The van der Waals surface area contributed by atoms with Crippen molar-refractivity contribution >= 4 is 34.7 Å². The maximum absolute atomic E-state index is 12.9. The van der Waals surface area contributed by atoms with Crippen molar-refractivity contribution in [3.05, 3.63) is 49.6 Å². The molecule has 2 aromatic rings. The Hall–Kier alpha value is -1.86. The van der Waals surface area contributed by atoms with Crippen molar-refractivity contribution in [3.8, 4) is 0 Å². The molecule has 0 saturated heterocycles. The molecule has 3 heterocycles. The summed E-state index contributed by atoms with van der Waals surface area (Å²) in [5.41, 5.74) is 2.08. The molecule has 1 aliphatic heterocycles.